The lowest BCUT2D eigenvalue weighted by molar-refractivity contribution is 0.0991. The highest BCUT2D eigenvalue weighted by Gasteiger charge is 2.19. The second-order valence-corrected chi connectivity index (χ2v) is 9.01. The molecule has 0 bridgehead atoms. The molecule has 39 heavy (non-hydrogen) atoms. The highest BCUT2D eigenvalue weighted by molar-refractivity contribution is 5.98. The maximum Gasteiger partial charge on any atom is 0.200 e. The van der Waals surface area contributed by atoms with Gasteiger partial charge in [0.15, 0.2) is 28.5 Å². The summed E-state index contributed by atoms with van der Waals surface area (Å²) in [6.07, 6.45) is 4.18. The van der Waals surface area contributed by atoms with Crippen molar-refractivity contribution in [2.75, 3.05) is 7.11 Å². The van der Waals surface area contributed by atoms with Crippen LogP contribution in [0.25, 0.3) is 22.2 Å². The molecule has 196 valence electrons. The van der Waals surface area contributed by atoms with Crippen LogP contribution in [-0.2, 0) is 6.42 Å². The van der Waals surface area contributed by atoms with Gasteiger partial charge in [-0.05, 0) is 54.8 Å². The molecular weight excluding hydrogens is 504 g/mol. The van der Waals surface area contributed by atoms with Crippen LogP contribution in [0.15, 0.2) is 71.9 Å². The van der Waals surface area contributed by atoms with Crippen LogP contribution in [0, 0.1) is 25.5 Å². The summed E-state index contributed by atoms with van der Waals surface area (Å²) in [5.74, 6) is -0.804. The third-order valence-electron chi connectivity index (χ3n) is 6.37. The lowest BCUT2D eigenvalue weighted by Crippen LogP contribution is -2.20. The molecule has 0 amide bonds. The van der Waals surface area contributed by atoms with Crippen LogP contribution in [0.2, 0.25) is 0 Å². The first-order chi connectivity index (χ1) is 18.7. The number of aromatic nitrogens is 3. The van der Waals surface area contributed by atoms with Gasteiger partial charge in [-0.15, -0.1) is 0 Å². The number of rotatable bonds is 7. The summed E-state index contributed by atoms with van der Waals surface area (Å²) < 4.78 is 39.5. The van der Waals surface area contributed by atoms with Crippen LogP contribution >= 0.6 is 0 Å². The van der Waals surface area contributed by atoms with E-state index in [1.54, 1.807) is 32.0 Å². The minimum Gasteiger partial charge on any atom is -0.495 e. The molecule has 0 saturated heterocycles. The Balaban J connectivity index is 1.40. The molecule has 5 rings (SSSR count). The first-order valence-corrected chi connectivity index (χ1v) is 12.0. The number of pyridine rings is 3. The maximum absolute atomic E-state index is 15.0. The van der Waals surface area contributed by atoms with E-state index in [1.165, 1.54) is 56.0 Å². The molecule has 0 saturated carbocycles. The SMILES string of the molecule is COc1cnc2c(Oc3ccc(CC(=O)c4c[nH]c(C)c(-c5ccc(F)cc5C)c4=O)cc3F)ccnc2c1. The molecule has 5 aromatic rings. The van der Waals surface area contributed by atoms with Crippen LogP contribution in [-0.4, -0.2) is 27.8 Å². The largest absolute Gasteiger partial charge is 0.495 e. The molecule has 0 unspecified atom stereocenters. The molecule has 7 nitrogen and oxygen atoms in total. The van der Waals surface area contributed by atoms with Gasteiger partial charge in [0.1, 0.15) is 17.1 Å². The number of carbonyl (C=O) groups excluding carboxylic acids is 1. The minimum absolute atomic E-state index is 0.0569. The van der Waals surface area contributed by atoms with E-state index in [0.717, 1.165) is 0 Å². The number of nitrogens with one attached hydrogen (secondary N) is 1. The predicted octanol–water partition coefficient (Wildman–Crippen LogP) is 6.11. The third-order valence-corrected chi connectivity index (χ3v) is 6.37. The average molecular weight is 528 g/mol. The normalized spacial score (nSPS) is 11.0. The van der Waals surface area contributed by atoms with Gasteiger partial charge in [-0.2, -0.15) is 0 Å². The van der Waals surface area contributed by atoms with E-state index < -0.39 is 22.8 Å². The number of methoxy groups -OCH3 is 1. The summed E-state index contributed by atoms with van der Waals surface area (Å²) in [6, 6.07) is 11.5. The summed E-state index contributed by atoms with van der Waals surface area (Å²) in [7, 11) is 1.52. The molecule has 3 aromatic heterocycles. The number of H-pyrrole nitrogens is 1. The van der Waals surface area contributed by atoms with E-state index in [2.05, 4.69) is 15.0 Å². The van der Waals surface area contributed by atoms with Gasteiger partial charge in [0.05, 0.1) is 24.4 Å². The van der Waals surface area contributed by atoms with Gasteiger partial charge >= 0.3 is 0 Å². The van der Waals surface area contributed by atoms with Crippen LogP contribution in [0.3, 0.4) is 0 Å². The summed E-state index contributed by atoms with van der Waals surface area (Å²) >= 11 is 0. The highest BCUT2D eigenvalue weighted by Crippen LogP contribution is 2.31. The number of aromatic amines is 1. The Morgan fingerprint density at radius 2 is 1.82 bits per heavy atom. The van der Waals surface area contributed by atoms with Crippen LogP contribution in [0.4, 0.5) is 8.78 Å². The Morgan fingerprint density at radius 3 is 2.56 bits per heavy atom. The number of aryl methyl sites for hydroxylation is 2. The molecular formula is C30H23F2N3O4. The fourth-order valence-electron chi connectivity index (χ4n) is 4.38. The molecule has 0 spiro atoms. The second kappa shape index (κ2) is 10.4. The van der Waals surface area contributed by atoms with Crippen molar-refractivity contribution in [2.24, 2.45) is 0 Å². The zero-order chi connectivity index (χ0) is 27.7. The Labute approximate surface area is 222 Å². The molecule has 3 heterocycles. The number of carbonyl (C=O) groups is 1. The summed E-state index contributed by atoms with van der Waals surface area (Å²) in [6.45, 7) is 3.40. The molecule has 0 aliphatic rings. The smallest absolute Gasteiger partial charge is 0.200 e. The average Bonchev–Trinajstić information content (AvgIpc) is 2.91. The Bertz CT molecular complexity index is 1800. The number of Topliss-reactive ketones (excluding diaryl/α,β-unsaturated/α-hetero) is 1. The number of ether oxygens (including phenoxy) is 2. The first-order valence-electron chi connectivity index (χ1n) is 12.0. The number of hydrogen-bond acceptors (Lipinski definition) is 6. The summed E-state index contributed by atoms with van der Waals surface area (Å²) in [5, 5.41) is 0. The van der Waals surface area contributed by atoms with Crippen LogP contribution in [0.1, 0.15) is 27.2 Å². The second-order valence-electron chi connectivity index (χ2n) is 9.01. The topological polar surface area (TPSA) is 94.2 Å². The number of halogens is 2. The maximum atomic E-state index is 15.0. The Kier molecular flexibility index (Phi) is 6.89. The van der Waals surface area contributed by atoms with Crippen molar-refractivity contribution >= 4 is 16.8 Å². The minimum atomic E-state index is -0.681. The number of fused-ring (bicyclic) bond motifs is 1. The van der Waals surface area contributed by atoms with Gasteiger partial charge < -0.3 is 14.5 Å². The number of nitrogens with zero attached hydrogens (tertiary/aromatic N) is 2. The summed E-state index contributed by atoms with van der Waals surface area (Å²) in [5.41, 5.74) is 2.74. The monoisotopic (exact) mass is 527 g/mol. The van der Waals surface area contributed by atoms with E-state index in [0.29, 0.717) is 50.5 Å². The van der Waals surface area contributed by atoms with Crippen molar-refractivity contribution in [1.29, 1.82) is 0 Å². The molecule has 2 aromatic carbocycles. The van der Waals surface area contributed by atoms with E-state index in [4.69, 9.17) is 9.47 Å². The molecule has 9 heteroatoms. The molecule has 0 radical (unpaired) electrons. The van der Waals surface area contributed by atoms with E-state index in [1.807, 2.05) is 0 Å². The van der Waals surface area contributed by atoms with Crippen LogP contribution < -0.4 is 14.9 Å². The van der Waals surface area contributed by atoms with Gasteiger partial charge in [0.25, 0.3) is 0 Å². The lowest BCUT2D eigenvalue weighted by atomic mass is 9.95. The van der Waals surface area contributed by atoms with Crippen LogP contribution in [0.5, 0.6) is 17.2 Å². The number of ketones is 1. The van der Waals surface area contributed by atoms with Gasteiger partial charge in [-0.25, -0.2) is 13.8 Å². The molecule has 0 aliphatic carbocycles. The highest BCUT2D eigenvalue weighted by atomic mass is 19.1. The van der Waals surface area contributed by atoms with Crippen molar-refractivity contribution in [3.63, 3.8) is 0 Å². The Hall–Kier alpha value is -4.92. The van der Waals surface area contributed by atoms with Gasteiger partial charge in [0, 0.05) is 42.2 Å². The standard InChI is InChI=1S/C30H23F2N3O4/c1-16-10-19(31)5-6-21(16)28-17(2)34-15-22(30(28)37)25(36)12-18-4-7-26(23(32)11-18)39-27-8-9-33-24-13-20(38-3)14-35-29(24)27/h4-11,13-15H,12H2,1-3H3,(H,34,37). The van der Waals surface area contributed by atoms with E-state index in [9.17, 15) is 14.0 Å². The summed E-state index contributed by atoms with van der Waals surface area (Å²) in [4.78, 5) is 37.9. The van der Waals surface area contributed by atoms with Crippen molar-refractivity contribution in [2.45, 2.75) is 20.3 Å². The first kappa shape index (κ1) is 25.7. The van der Waals surface area contributed by atoms with Gasteiger partial charge in [-0.3, -0.25) is 14.6 Å². The number of benzene rings is 2. The number of hydrogen-bond donors (Lipinski definition) is 1. The molecule has 1 N–H and O–H groups in total. The lowest BCUT2D eigenvalue weighted by Gasteiger charge is -2.12. The van der Waals surface area contributed by atoms with Gasteiger partial charge in [0.2, 0.25) is 0 Å². The molecule has 0 fully saturated rings. The van der Waals surface area contributed by atoms with Crippen molar-refractivity contribution in [3.8, 4) is 28.4 Å². The third kappa shape index (κ3) is 5.11. The zero-order valence-electron chi connectivity index (χ0n) is 21.3. The fraction of sp³-hybridized carbons (Fsp3) is 0.133. The van der Waals surface area contributed by atoms with Crippen molar-refractivity contribution in [1.82, 2.24) is 15.0 Å². The fourth-order valence-corrected chi connectivity index (χ4v) is 4.38. The zero-order valence-corrected chi connectivity index (χ0v) is 21.3. The van der Waals surface area contributed by atoms with Crippen molar-refractivity contribution < 1.29 is 23.0 Å². The van der Waals surface area contributed by atoms with Gasteiger partial charge in [-0.1, -0.05) is 12.1 Å². The predicted molar refractivity (Wildman–Crippen MR) is 143 cm³/mol. The molecule has 0 atom stereocenters. The Morgan fingerprint density at radius 1 is 1.00 bits per heavy atom. The van der Waals surface area contributed by atoms with Crippen molar-refractivity contribution in [3.05, 3.63) is 111 Å². The quantitative estimate of drug-likeness (QED) is 0.257. The van der Waals surface area contributed by atoms with E-state index in [-0.39, 0.29) is 17.7 Å². The molecule has 0 aliphatic heterocycles. The van der Waals surface area contributed by atoms with E-state index >= 15 is 4.39 Å².